The number of rotatable bonds is 10. The van der Waals surface area contributed by atoms with Gasteiger partial charge in [0, 0.05) is 19.1 Å². The zero-order valence-electron chi connectivity index (χ0n) is 19.8. The number of aliphatic hydroxyl groups excluding tert-OH is 1. The van der Waals surface area contributed by atoms with E-state index >= 15 is 0 Å². The molecule has 0 aromatic heterocycles. The number of nitrogens with zero attached hydrogens (tertiary/aromatic N) is 2. The molecule has 9 heteroatoms. The van der Waals surface area contributed by atoms with Gasteiger partial charge in [-0.3, -0.25) is 4.90 Å². The summed E-state index contributed by atoms with van der Waals surface area (Å²) in [5.41, 5.74) is 1.31. The number of hydrogen-bond donors (Lipinski definition) is 2. The summed E-state index contributed by atoms with van der Waals surface area (Å²) in [5, 5.41) is 29.2. The normalized spacial score (nSPS) is 14.3. The Morgan fingerprint density at radius 3 is 2.38 bits per heavy atom. The van der Waals surface area contributed by atoms with Gasteiger partial charge in [0.15, 0.2) is 0 Å². The van der Waals surface area contributed by atoms with Gasteiger partial charge in [-0.2, -0.15) is 18.4 Å². The number of carboxylic acid groups (broad SMARTS) is 1. The standard InChI is InChI=1S/C28H25F3N2O4/c29-28(30,31)25-4-2-1-3-22(25)15-33(23-11-12-23)16-24(34)17-37-26-13-20(9-10-21(26)14-32)18-5-7-19(8-6-18)27(35)36/h1-10,13,23-24,34H,11-12,15-17H2,(H,35,36)/t24-/m0/s1. The summed E-state index contributed by atoms with van der Waals surface area (Å²) in [5.74, 6) is -0.784. The summed E-state index contributed by atoms with van der Waals surface area (Å²) < 4.78 is 46.1. The fourth-order valence-corrected chi connectivity index (χ4v) is 4.16. The first kappa shape index (κ1) is 26.2. The Labute approximate surface area is 212 Å². The van der Waals surface area contributed by atoms with Gasteiger partial charge in [0.25, 0.3) is 0 Å². The van der Waals surface area contributed by atoms with Crippen molar-refractivity contribution in [1.82, 2.24) is 4.90 Å². The predicted octanol–water partition coefficient (Wildman–Crippen LogP) is 5.35. The highest BCUT2D eigenvalue weighted by molar-refractivity contribution is 5.88. The maximum Gasteiger partial charge on any atom is 0.416 e. The third-order valence-electron chi connectivity index (χ3n) is 6.20. The lowest BCUT2D eigenvalue weighted by molar-refractivity contribution is -0.138. The molecule has 3 aromatic rings. The lowest BCUT2D eigenvalue weighted by atomic mass is 10.0. The van der Waals surface area contributed by atoms with Gasteiger partial charge in [-0.1, -0.05) is 36.4 Å². The Hall–Kier alpha value is -3.87. The molecule has 0 amide bonds. The molecule has 192 valence electrons. The van der Waals surface area contributed by atoms with Crippen LogP contribution in [0.1, 0.15) is 39.9 Å². The Kier molecular flexibility index (Phi) is 7.81. The topological polar surface area (TPSA) is 93.8 Å². The summed E-state index contributed by atoms with van der Waals surface area (Å²) in [7, 11) is 0. The SMILES string of the molecule is N#Cc1ccc(-c2ccc(C(=O)O)cc2)cc1OC[C@@H](O)CN(Cc1ccccc1C(F)(F)F)C1CC1. The van der Waals surface area contributed by atoms with Gasteiger partial charge in [-0.25, -0.2) is 4.79 Å². The Bertz CT molecular complexity index is 1300. The second kappa shape index (κ2) is 11.0. The molecule has 1 saturated carbocycles. The van der Waals surface area contributed by atoms with E-state index in [-0.39, 0.29) is 48.2 Å². The average molecular weight is 511 g/mol. The van der Waals surface area contributed by atoms with Crippen LogP contribution in [0.5, 0.6) is 5.75 Å². The highest BCUT2D eigenvalue weighted by atomic mass is 19.4. The molecule has 2 N–H and O–H groups in total. The first-order valence-electron chi connectivity index (χ1n) is 11.7. The monoisotopic (exact) mass is 510 g/mol. The van der Waals surface area contributed by atoms with Crippen LogP contribution in [-0.4, -0.2) is 46.4 Å². The number of aromatic carboxylic acids is 1. The zero-order chi connectivity index (χ0) is 26.6. The fraction of sp³-hybridized carbons (Fsp3) is 0.286. The maximum atomic E-state index is 13.4. The Balaban J connectivity index is 1.44. The molecule has 1 aliphatic carbocycles. The van der Waals surface area contributed by atoms with Crippen LogP contribution in [0.2, 0.25) is 0 Å². The number of carboxylic acids is 1. The van der Waals surface area contributed by atoms with Crippen LogP contribution >= 0.6 is 0 Å². The molecule has 3 aromatic carbocycles. The van der Waals surface area contributed by atoms with Gasteiger partial charge in [0.05, 0.1) is 16.7 Å². The van der Waals surface area contributed by atoms with Gasteiger partial charge in [0.1, 0.15) is 24.5 Å². The predicted molar refractivity (Wildman–Crippen MR) is 130 cm³/mol. The molecule has 37 heavy (non-hydrogen) atoms. The summed E-state index contributed by atoms with van der Waals surface area (Å²) in [6, 6.07) is 18.8. The van der Waals surface area contributed by atoms with Crippen LogP contribution in [-0.2, 0) is 12.7 Å². The molecular weight excluding hydrogens is 485 g/mol. The van der Waals surface area contributed by atoms with E-state index in [1.54, 1.807) is 36.4 Å². The van der Waals surface area contributed by atoms with E-state index in [0.717, 1.165) is 24.5 Å². The first-order chi connectivity index (χ1) is 17.7. The number of nitriles is 1. The summed E-state index contributed by atoms with van der Waals surface area (Å²) in [6.07, 6.45) is -3.75. The minimum Gasteiger partial charge on any atom is -0.489 e. The van der Waals surface area contributed by atoms with Crippen LogP contribution < -0.4 is 4.74 Å². The van der Waals surface area contributed by atoms with Gasteiger partial charge >= 0.3 is 12.1 Å². The highest BCUT2D eigenvalue weighted by Crippen LogP contribution is 2.35. The van der Waals surface area contributed by atoms with Crippen LogP contribution in [0.25, 0.3) is 11.1 Å². The fourth-order valence-electron chi connectivity index (χ4n) is 4.16. The van der Waals surface area contributed by atoms with Crippen molar-refractivity contribution in [3.8, 4) is 22.9 Å². The average Bonchev–Trinajstić information content (AvgIpc) is 3.72. The Morgan fingerprint density at radius 2 is 1.76 bits per heavy atom. The van der Waals surface area contributed by atoms with Gasteiger partial charge in [-0.15, -0.1) is 0 Å². The van der Waals surface area contributed by atoms with Crippen molar-refractivity contribution in [1.29, 1.82) is 5.26 Å². The molecular formula is C28H25F3N2O4. The first-order valence-corrected chi connectivity index (χ1v) is 11.7. The van der Waals surface area contributed by atoms with Crippen molar-refractivity contribution in [2.75, 3.05) is 13.2 Å². The van der Waals surface area contributed by atoms with E-state index in [1.165, 1.54) is 24.3 Å². The molecule has 0 heterocycles. The summed E-state index contributed by atoms with van der Waals surface area (Å²) in [6.45, 7) is 0.0258. The van der Waals surface area contributed by atoms with E-state index in [0.29, 0.717) is 5.56 Å². The summed E-state index contributed by atoms with van der Waals surface area (Å²) in [4.78, 5) is 12.9. The van der Waals surface area contributed by atoms with Crippen molar-refractivity contribution in [2.45, 2.75) is 37.7 Å². The molecule has 1 fully saturated rings. The largest absolute Gasteiger partial charge is 0.489 e. The van der Waals surface area contributed by atoms with Crippen molar-refractivity contribution >= 4 is 5.97 Å². The zero-order valence-corrected chi connectivity index (χ0v) is 19.8. The third-order valence-corrected chi connectivity index (χ3v) is 6.20. The molecule has 0 saturated heterocycles. The number of carbonyl (C=O) groups is 1. The van der Waals surface area contributed by atoms with E-state index in [4.69, 9.17) is 9.84 Å². The smallest absolute Gasteiger partial charge is 0.416 e. The van der Waals surface area contributed by atoms with Crippen LogP contribution in [0, 0.1) is 11.3 Å². The Morgan fingerprint density at radius 1 is 1.08 bits per heavy atom. The van der Waals surface area contributed by atoms with E-state index < -0.39 is 23.8 Å². The molecule has 0 unspecified atom stereocenters. The van der Waals surface area contributed by atoms with Crippen molar-refractivity contribution in [3.05, 3.63) is 89.0 Å². The van der Waals surface area contributed by atoms with Crippen molar-refractivity contribution in [3.63, 3.8) is 0 Å². The molecule has 1 aliphatic rings. The molecule has 0 spiro atoms. The maximum absolute atomic E-state index is 13.4. The highest BCUT2D eigenvalue weighted by Gasteiger charge is 2.36. The molecule has 6 nitrogen and oxygen atoms in total. The van der Waals surface area contributed by atoms with E-state index in [9.17, 15) is 28.3 Å². The lowest BCUT2D eigenvalue weighted by Gasteiger charge is -2.26. The van der Waals surface area contributed by atoms with E-state index in [1.807, 2.05) is 11.0 Å². The minimum absolute atomic E-state index is 0.0582. The quantitative estimate of drug-likeness (QED) is 0.382. The number of aliphatic hydroxyl groups is 1. The lowest BCUT2D eigenvalue weighted by Crippen LogP contribution is -2.37. The van der Waals surface area contributed by atoms with Gasteiger partial charge < -0.3 is 14.9 Å². The van der Waals surface area contributed by atoms with Crippen molar-refractivity contribution in [2.24, 2.45) is 0 Å². The van der Waals surface area contributed by atoms with Crippen LogP contribution in [0.4, 0.5) is 13.2 Å². The van der Waals surface area contributed by atoms with E-state index in [2.05, 4.69) is 0 Å². The molecule has 0 bridgehead atoms. The third kappa shape index (κ3) is 6.67. The molecule has 1 atom stereocenters. The molecule has 4 rings (SSSR count). The number of ether oxygens (including phenoxy) is 1. The van der Waals surface area contributed by atoms with Crippen LogP contribution in [0.3, 0.4) is 0 Å². The summed E-state index contributed by atoms with van der Waals surface area (Å²) >= 11 is 0. The number of alkyl halides is 3. The number of halogens is 3. The molecule has 0 aliphatic heterocycles. The van der Waals surface area contributed by atoms with Gasteiger partial charge in [0.2, 0.25) is 0 Å². The van der Waals surface area contributed by atoms with Crippen LogP contribution in [0.15, 0.2) is 66.7 Å². The molecule has 0 radical (unpaired) electrons. The van der Waals surface area contributed by atoms with Crippen molar-refractivity contribution < 1.29 is 32.9 Å². The second-order valence-electron chi connectivity index (χ2n) is 8.99. The minimum atomic E-state index is -4.46. The van der Waals surface area contributed by atoms with Gasteiger partial charge in [-0.05, 0) is 59.9 Å². The number of hydrogen-bond acceptors (Lipinski definition) is 5. The number of benzene rings is 3. The second-order valence-corrected chi connectivity index (χ2v) is 8.99.